The Bertz CT molecular complexity index is 176. The van der Waals surface area contributed by atoms with Crippen molar-refractivity contribution in [2.45, 2.75) is 19.3 Å². The molecule has 4 bridgehead atoms. The average Bonchev–Trinajstić information content (AvgIpc) is 2.20. The van der Waals surface area contributed by atoms with E-state index >= 15 is 0 Å². The van der Waals surface area contributed by atoms with E-state index in [4.69, 9.17) is 0 Å². The number of hydrogen-bond acceptors (Lipinski definition) is 0. The second kappa shape index (κ2) is 1.25. The molecule has 46 valence electrons. The van der Waals surface area contributed by atoms with Crippen LogP contribution in [0, 0.1) is 24.2 Å². The first-order valence-corrected chi connectivity index (χ1v) is 3.90. The van der Waals surface area contributed by atoms with Crippen LogP contribution in [0.1, 0.15) is 19.3 Å². The largest absolute Gasteiger partial charge is 0.0813 e. The minimum atomic E-state index is 0.869. The van der Waals surface area contributed by atoms with Gasteiger partial charge in [0, 0.05) is 6.42 Å². The van der Waals surface area contributed by atoms with Crippen molar-refractivity contribution in [1.29, 1.82) is 0 Å². The Kier molecular flexibility index (Phi) is 0.633. The Morgan fingerprint density at radius 1 is 1.33 bits per heavy atom. The number of allylic oxidation sites excluding steroid dienone is 2. The molecule has 4 aliphatic rings. The fourth-order valence-electron chi connectivity index (χ4n) is 2.66. The summed E-state index contributed by atoms with van der Waals surface area (Å²) in [5, 5.41) is 0. The first-order chi connectivity index (χ1) is 4.42. The molecule has 0 saturated heterocycles. The molecular weight excluding hydrogens is 108 g/mol. The second-order valence-electron chi connectivity index (χ2n) is 3.63. The quantitative estimate of drug-likeness (QED) is 0.456. The van der Waals surface area contributed by atoms with Crippen LogP contribution in [-0.2, 0) is 0 Å². The standard InChI is InChI=1S/C9H10/c1-6-2-8-4-7(1)5-9(8)3-6/h2,6-7,9H,1,3,5H2. The van der Waals surface area contributed by atoms with Crippen LogP contribution in [0.15, 0.2) is 11.6 Å². The molecule has 0 heterocycles. The Labute approximate surface area is 56.0 Å². The number of hydrogen-bond donors (Lipinski definition) is 0. The minimum absolute atomic E-state index is 0.869. The van der Waals surface area contributed by atoms with Crippen LogP contribution in [0.4, 0.5) is 0 Å². The van der Waals surface area contributed by atoms with Gasteiger partial charge < -0.3 is 0 Å². The molecular formula is C9H10. The first kappa shape index (κ1) is 4.54. The van der Waals surface area contributed by atoms with Crippen molar-refractivity contribution in [3.63, 3.8) is 0 Å². The summed E-state index contributed by atoms with van der Waals surface area (Å²) in [6.45, 7) is 0. The fraction of sp³-hybridized carbons (Fsp3) is 0.667. The van der Waals surface area contributed by atoms with Crippen LogP contribution in [0.5, 0.6) is 0 Å². The second-order valence-corrected chi connectivity index (χ2v) is 3.63. The maximum absolute atomic E-state index is 3.54. The van der Waals surface area contributed by atoms with Crippen LogP contribution in [0.25, 0.3) is 0 Å². The maximum Gasteiger partial charge on any atom is 0.0154 e. The molecule has 0 heteroatoms. The van der Waals surface area contributed by atoms with Gasteiger partial charge in [0.25, 0.3) is 0 Å². The van der Waals surface area contributed by atoms with E-state index < -0.39 is 0 Å². The monoisotopic (exact) mass is 118 g/mol. The summed E-state index contributed by atoms with van der Waals surface area (Å²) in [4.78, 5) is 0. The van der Waals surface area contributed by atoms with E-state index in [1.165, 1.54) is 19.3 Å². The van der Waals surface area contributed by atoms with Gasteiger partial charge in [-0.3, -0.25) is 0 Å². The SMILES string of the molecule is [C]1C2=CC3CC1CC2C3. The summed E-state index contributed by atoms with van der Waals surface area (Å²) < 4.78 is 0. The van der Waals surface area contributed by atoms with Gasteiger partial charge in [0.15, 0.2) is 0 Å². The van der Waals surface area contributed by atoms with Crippen LogP contribution < -0.4 is 0 Å². The Balaban J connectivity index is 2.13. The van der Waals surface area contributed by atoms with E-state index in [2.05, 4.69) is 12.5 Å². The molecule has 0 amide bonds. The summed E-state index contributed by atoms with van der Waals surface area (Å²) >= 11 is 0. The highest BCUT2D eigenvalue weighted by Crippen LogP contribution is 2.53. The average molecular weight is 118 g/mol. The predicted molar refractivity (Wildman–Crippen MR) is 35.6 cm³/mol. The molecule has 0 spiro atoms. The van der Waals surface area contributed by atoms with Gasteiger partial charge in [0.1, 0.15) is 0 Å². The molecule has 3 atom stereocenters. The predicted octanol–water partition coefficient (Wildman–Crippen LogP) is 2.05. The van der Waals surface area contributed by atoms with Crippen molar-refractivity contribution >= 4 is 0 Å². The molecule has 9 heavy (non-hydrogen) atoms. The smallest absolute Gasteiger partial charge is 0.0154 e. The van der Waals surface area contributed by atoms with Crippen LogP contribution in [0.3, 0.4) is 0 Å². The zero-order valence-corrected chi connectivity index (χ0v) is 5.43. The van der Waals surface area contributed by atoms with Crippen LogP contribution in [0.2, 0.25) is 0 Å². The van der Waals surface area contributed by atoms with E-state index in [9.17, 15) is 0 Å². The molecule has 0 aromatic rings. The first-order valence-electron chi connectivity index (χ1n) is 3.90. The lowest BCUT2D eigenvalue weighted by Gasteiger charge is -2.21. The molecule has 4 aliphatic carbocycles. The van der Waals surface area contributed by atoms with Gasteiger partial charge in [0.05, 0.1) is 0 Å². The van der Waals surface area contributed by atoms with Gasteiger partial charge >= 0.3 is 0 Å². The van der Waals surface area contributed by atoms with Crippen molar-refractivity contribution in [3.8, 4) is 0 Å². The van der Waals surface area contributed by atoms with Gasteiger partial charge in [-0.05, 0) is 37.0 Å². The highest BCUT2D eigenvalue weighted by Gasteiger charge is 2.41. The van der Waals surface area contributed by atoms with Gasteiger partial charge in [-0.1, -0.05) is 11.6 Å². The van der Waals surface area contributed by atoms with Crippen molar-refractivity contribution < 1.29 is 0 Å². The third-order valence-electron chi connectivity index (χ3n) is 2.97. The van der Waals surface area contributed by atoms with Gasteiger partial charge in [0.2, 0.25) is 0 Å². The Morgan fingerprint density at radius 2 is 2.33 bits per heavy atom. The highest BCUT2D eigenvalue weighted by molar-refractivity contribution is 5.33. The van der Waals surface area contributed by atoms with E-state index in [1.807, 2.05) is 0 Å². The lowest BCUT2D eigenvalue weighted by atomic mass is 9.84. The fourth-order valence-corrected chi connectivity index (χ4v) is 2.66. The normalized spacial score (nSPS) is 52.4. The molecule has 2 saturated carbocycles. The minimum Gasteiger partial charge on any atom is -0.0813 e. The lowest BCUT2D eigenvalue weighted by Crippen LogP contribution is -2.11. The van der Waals surface area contributed by atoms with Gasteiger partial charge in [-0.2, -0.15) is 0 Å². The van der Waals surface area contributed by atoms with Crippen molar-refractivity contribution in [2.75, 3.05) is 0 Å². The summed E-state index contributed by atoms with van der Waals surface area (Å²) in [6, 6.07) is 0. The van der Waals surface area contributed by atoms with E-state index in [-0.39, 0.29) is 0 Å². The van der Waals surface area contributed by atoms with E-state index in [1.54, 1.807) is 5.57 Å². The Hall–Kier alpha value is -0.260. The maximum atomic E-state index is 3.54. The molecule has 4 rings (SSSR count). The third-order valence-corrected chi connectivity index (χ3v) is 2.97. The van der Waals surface area contributed by atoms with Gasteiger partial charge in [-0.25, -0.2) is 0 Å². The highest BCUT2D eigenvalue weighted by atomic mass is 14.5. The third kappa shape index (κ3) is 0.452. The lowest BCUT2D eigenvalue weighted by molar-refractivity contribution is 0.340. The molecule has 0 aromatic heterocycles. The van der Waals surface area contributed by atoms with Gasteiger partial charge in [-0.15, -0.1) is 0 Å². The summed E-state index contributed by atoms with van der Waals surface area (Å²) in [5.74, 6) is 2.78. The topological polar surface area (TPSA) is 0 Å². The molecule has 0 N–H and O–H groups in total. The molecule has 0 aromatic carbocycles. The molecule has 0 aliphatic heterocycles. The van der Waals surface area contributed by atoms with Crippen molar-refractivity contribution in [3.05, 3.63) is 18.1 Å². The zero-order chi connectivity index (χ0) is 5.84. The summed E-state index contributed by atoms with van der Waals surface area (Å²) in [5.41, 5.74) is 1.58. The van der Waals surface area contributed by atoms with Crippen LogP contribution in [-0.4, -0.2) is 0 Å². The molecule has 2 fully saturated rings. The van der Waals surface area contributed by atoms with Crippen molar-refractivity contribution in [2.24, 2.45) is 17.8 Å². The zero-order valence-electron chi connectivity index (χ0n) is 5.43. The molecule has 2 radical (unpaired) electrons. The van der Waals surface area contributed by atoms with Crippen LogP contribution >= 0.6 is 0 Å². The molecule has 0 nitrogen and oxygen atoms in total. The van der Waals surface area contributed by atoms with Crippen molar-refractivity contribution in [1.82, 2.24) is 0 Å². The van der Waals surface area contributed by atoms with E-state index in [0.29, 0.717) is 0 Å². The summed E-state index contributed by atoms with van der Waals surface area (Å²) in [7, 11) is 0. The molecule has 3 unspecified atom stereocenters. The Morgan fingerprint density at radius 3 is 3.00 bits per heavy atom. The summed E-state index contributed by atoms with van der Waals surface area (Å²) in [6.07, 6.45) is 10.3. The number of rotatable bonds is 0. The van der Waals surface area contributed by atoms with E-state index in [0.717, 1.165) is 17.8 Å².